The fourth-order valence-electron chi connectivity index (χ4n) is 4.27. The standard InChI is InChI=1S/C30H46N2O3/c1-25(2)29-9-5-27(6-10-29)23-31-13-17-33-18-14-32(16-20-35-22-21-34-19-15-31)24-28-7-11-30(12-8-28)26(3)4/h5-12,25-26H,13-24H2,1-4H3. The highest BCUT2D eigenvalue weighted by Gasteiger charge is 2.11. The molecule has 0 N–H and O–H groups in total. The minimum atomic E-state index is 0.561. The van der Waals surface area contributed by atoms with Gasteiger partial charge in [-0.1, -0.05) is 76.2 Å². The van der Waals surface area contributed by atoms with Crippen molar-refractivity contribution in [2.24, 2.45) is 0 Å². The van der Waals surface area contributed by atoms with Crippen LogP contribution in [-0.4, -0.2) is 75.6 Å². The predicted octanol–water partition coefficient (Wildman–Crippen LogP) is 5.30. The zero-order chi connectivity index (χ0) is 24.9. The van der Waals surface area contributed by atoms with Gasteiger partial charge < -0.3 is 14.2 Å². The van der Waals surface area contributed by atoms with Crippen LogP contribution in [0.2, 0.25) is 0 Å². The second-order valence-corrected chi connectivity index (χ2v) is 10.2. The summed E-state index contributed by atoms with van der Waals surface area (Å²) >= 11 is 0. The maximum absolute atomic E-state index is 6.08. The first-order valence-corrected chi connectivity index (χ1v) is 13.4. The van der Waals surface area contributed by atoms with Crippen LogP contribution < -0.4 is 0 Å². The van der Waals surface area contributed by atoms with Gasteiger partial charge in [0.1, 0.15) is 0 Å². The monoisotopic (exact) mass is 482 g/mol. The number of nitrogens with zero attached hydrogens (tertiary/aromatic N) is 2. The van der Waals surface area contributed by atoms with Gasteiger partial charge in [0.15, 0.2) is 0 Å². The Labute approximate surface area is 213 Å². The molecule has 1 aliphatic heterocycles. The lowest BCUT2D eigenvalue weighted by atomic mass is 10.0. The SMILES string of the molecule is CC(C)c1ccc(CN2CCOCCOCCN(Cc3ccc(C(C)C)cc3)CCOCC2)cc1. The summed E-state index contributed by atoms with van der Waals surface area (Å²) in [5.41, 5.74) is 5.45. The molecule has 194 valence electrons. The van der Waals surface area contributed by atoms with Crippen molar-refractivity contribution < 1.29 is 14.2 Å². The number of hydrogen-bond acceptors (Lipinski definition) is 5. The Bertz CT molecular complexity index is 751. The van der Waals surface area contributed by atoms with Gasteiger partial charge >= 0.3 is 0 Å². The Morgan fingerprint density at radius 1 is 0.514 bits per heavy atom. The van der Waals surface area contributed by atoms with Crippen molar-refractivity contribution in [1.29, 1.82) is 0 Å². The molecule has 0 amide bonds. The summed E-state index contributed by atoms with van der Waals surface area (Å²) in [6.45, 7) is 18.6. The summed E-state index contributed by atoms with van der Waals surface area (Å²) in [6.07, 6.45) is 0. The van der Waals surface area contributed by atoms with E-state index in [9.17, 15) is 0 Å². The van der Waals surface area contributed by atoms with E-state index in [1.54, 1.807) is 0 Å². The maximum atomic E-state index is 6.08. The summed E-state index contributed by atoms with van der Waals surface area (Å²) < 4.78 is 17.8. The molecule has 0 radical (unpaired) electrons. The minimum absolute atomic E-state index is 0.561. The highest BCUT2D eigenvalue weighted by molar-refractivity contribution is 5.25. The molecule has 0 unspecified atom stereocenters. The molecule has 0 aromatic heterocycles. The van der Waals surface area contributed by atoms with Gasteiger partial charge in [-0.05, 0) is 34.1 Å². The average Bonchev–Trinajstić information content (AvgIpc) is 2.86. The van der Waals surface area contributed by atoms with Gasteiger partial charge in [0.2, 0.25) is 0 Å². The van der Waals surface area contributed by atoms with Gasteiger partial charge in [0.25, 0.3) is 0 Å². The third-order valence-corrected chi connectivity index (χ3v) is 6.68. The molecule has 35 heavy (non-hydrogen) atoms. The molecule has 0 aliphatic carbocycles. The molecule has 0 saturated carbocycles. The largest absolute Gasteiger partial charge is 0.379 e. The molecule has 5 heteroatoms. The molecule has 5 nitrogen and oxygen atoms in total. The highest BCUT2D eigenvalue weighted by Crippen LogP contribution is 2.17. The lowest BCUT2D eigenvalue weighted by Crippen LogP contribution is -2.32. The van der Waals surface area contributed by atoms with Crippen molar-refractivity contribution in [3.05, 3.63) is 70.8 Å². The topological polar surface area (TPSA) is 34.2 Å². The predicted molar refractivity (Wildman–Crippen MR) is 144 cm³/mol. The summed E-state index contributed by atoms with van der Waals surface area (Å²) in [4.78, 5) is 4.86. The molecular weight excluding hydrogens is 436 g/mol. The molecule has 0 spiro atoms. The molecule has 0 atom stereocenters. The third-order valence-electron chi connectivity index (χ3n) is 6.68. The van der Waals surface area contributed by atoms with E-state index in [2.05, 4.69) is 86.0 Å². The van der Waals surface area contributed by atoms with Crippen LogP contribution in [-0.2, 0) is 27.3 Å². The van der Waals surface area contributed by atoms with Crippen molar-refractivity contribution >= 4 is 0 Å². The Morgan fingerprint density at radius 2 is 0.829 bits per heavy atom. The lowest BCUT2D eigenvalue weighted by Gasteiger charge is -2.24. The number of hydrogen-bond donors (Lipinski definition) is 0. The van der Waals surface area contributed by atoms with Crippen molar-refractivity contribution in [3.8, 4) is 0 Å². The first-order chi connectivity index (χ1) is 17.0. The smallest absolute Gasteiger partial charge is 0.0701 e. The number of ether oxygens (including phenoxy) is 3. The normalized spacial score (nSPS) is 18.5. The first-order valence-electron chi connectivity index (χ1n) is 13.4. The molecule has 2 aromatic rings. The van der Waals surface area contributed by atoms with Crippen LogP contribution >= 0.6 is 0 Å². The molecule has 1 fully saturated rings. The lowest BCUT2D eigenvalue weighted by molar-refractivity contribution is 0.0311. The van der Waals surface area contributed by atoms with E-state index in [1.165, 1.54) is 22.3 Å². The molecular formula is C30H46N2O3. The molecule has 1 saturated heterocycles. The van der Waals surface area contributed by atoms with Gasteiger partial charge in [0, 0.05) is 39.3 Å². The highest BCUT2D eigenvalue weighted by atomic mass is 16.5. The molecule has 0 bridgehead atoms. The Balaban J connectivity index is 1.51. The van der Waals surface area contributed by atoms with Crippen molar-refractivity contribution in [2.45, 2.75) is 52.6 Å². The van der Waals surface area contributed by atoms with E-state index in [-0.39, 0.29) is 0 Å². The van der Waals surface area contributed by atoms with E-state index in [4.69, 9.17) is 14.2 Å². The van der Waals surface area contributed by atoms with E-state index in [1.807, 2.05) is 0 Å². The second kappa shape index (κ2) is 15.4. The Kier molecular flexibility index (Phi) is 12.2. The molecule has 1 heterocycles. The first kappa shape index (κ1) is 27.8. The van der Waals surface area contributed by atoms with E-state index in [0.29, 0.717) is 38.3 Å². The second-order valence-electron chi connectivity index (χ2n) is 10.2. The van der Waals surface area contributed by atoms with E-state index >= 15 is 0 Å². The van der Waals surface area contributed by atoms with Crippen molar-refractivity contribution in [1.82, 2.24) is 9.80 Å². The quantitative estimate of drug-likeness (QED) is 0.558. The summed E-state index contributed by atoms with van der Waals surface area (Å²) in [6, 6.07) is 18.0. The van der Waals surface area contributed by atoms with Crippen LogP contribution in [0.5, 0.6) is 0 Å². The zero-order valence-electron chi connectivity index (χ0n) is 22.4. The van der Waals surface area contributed by atoms with Crippen molar-refractivity contribution in [3.63, 3.8) is 0 Å². The fourth-order valence-corrected chi connectivity index (χ4v) is 4.27. The molecule has 1 aliphatic rings. The van der Waals surface area contributed by atoms with Crippen LogP contribution in [0.15, 0.2) is 48.5 Å². The third kappa shape index (κ3) is 10.4. The summed E-state index contributed by atoms with van der Waals surface area (Å²) in [5, 5.41) is 0. The van der Waals surface area contributed by atoms with Gasteiger partial charge in [-0.2, -0.15) is 0 Å². The number of benzene rings is 2. The maximum Gasteiger partial charge on any atom is 0.0701 e. The van der Waals surface area contributed by atoms with Crippen LogP contribution in [0.4, 0.5) is 0 Å². The summed E-state index contributed by atoms with van der Waals surface area (Å²) in [5.74, 6) is 1.12. The van der Waals surface area contributed by atoms with Crippen LogP contribution in [0.1, 0.15) is 61.8 Å². The minimum Gasteiger partial charge on any atom is -0.379 e. The zero-order valence-corrected chi connectivity index (χ0v) is 22.4. The van der Waals surface area contributed by atoms with E-state index in [0.717, 1.165) is 52.5 Å². The van der Waals surface area contributed by atoms with Crippen molar-refractivity contribution in [2.75, 3.05) is 65.8 Å². The Morgan fingerprint density at radius 3 is 1.14 bits per heavy atom. The van der Waals surface area contributed by atoms with Gasteiger partial charge in [-0.15, -0.1) is 0 Å². The number of rotatable bonds is 6. The van der Waals surface area contributed by atoms with E-state index < -0.39 is 0 Å². The summed E-state index contributed by atoms with van der Waals surface area (Å²) in [7, 11) is 0. The van der Waals surface area contributed by atoms with Crippen LogP contribution in [0.25, 0.3) is 0 Å². The fraction of sp³-hybridized carbons (Fsp3) is 0.600. The van der Waals surface area contributed by atoms with Gasteiger partial charge in [-0.3, -0.25) is 9.80 Å². The van der Waals surface area contributed by atoms with Crippen LogP contribution in [0.3, 0.4) is 0 Å². The average molecular weight is 483 g/mol. The van der Waals surface area contributed by atoms with Gasteiger partial charge in [-0.25, -0.2) is 0 Å². The molecule has 2 aromatic carbocycles. The molecule has 3 rings (SSSR count). The van der Waals surface area contributed by atoms with Gasteiger partial charge in [0.05, 0.1) is 39.6 Å². The Hall–Kier alpha value is -1.76. The van der Waals surface area contributed by atoms with Crippen LogP contribution in [0, 0.1) is 0 Å².